The summed E-state index contributed by atoms with van der Waals surface area (Å²) in [5, 5.41) is 5.73. The van der Waals surface area contributed by atoms with E-state index in [9.17, 15) is 0 Å². The summed E-state index contributed by atoms with van der Waals surface area (Å²) in [5.41, 5.74) is 15.1. The number of likely N-dealkylation sites (tertiary alicyclic amines) is 1. The van der Waals surface area contributed by atoms with Gasteiger partial charge in [-0.05, 0) is 43.0 Å². The van der Waals surface area contributed by atoms with E-state index in [1.54, 1.807) is 44.1 Å². The van der Waals surface area contributed by atoms with Crippen molar-refractivity contribution in [2.45, 2.75) is 24.9 Å². The molecule has 0 aliphatic carbocycles. The van der Waals surface area contributed by atoms with Crippen molar-refractivity contribution in [1.82, 2.24) is 24.8 Å². The molecule has 10 nitrogen and oxygen atoms in total. The molecule has 0 amide bonds. The molecule has 1 saturated heterocycles. The number of aromatic nitrogens is 4. The number of thiazole rings is 1. The van der Waals surface area contributed by atoms with E-state index < -0.39 is 0 Å². The molecule has 2 atom stereocenters. The summed E-state index contributed by atoms with van der Waals surface area (Å²) in [4.78, 5) is 20.5. The van der Waals surface area contributed by atoms with Crippen LogP contribution in [0.3, 0.4) is 0 Å². The Labute approximate surface area is 235 Å². The highest BCUT2D eigenvalue weighted by molar-refractivity contribution is 7.09. The fourth-order valence-electron chi connectivity index (χ4n) is 5.32. The van der Waals surface area contributed by atoms with Gasteiger partial charge in [-0.3, -0.25) is 14.9 Å². The van der Waals surface area contributed by atoms with E-state index in [4.69, 9.17) is 25.7 Å². The second-order valence-corrected chi connectivity index (χ2v) is 10.8. The van der Waals surface area contributed by atoms with Crippen molar-refractivity contribution in [2.24, 2.45) is 5.73 Å². The van der Waals surface area contributed by atoms with Crippen molar-refractivity contribution >= 4 is 38.8 Å². The first kappa shape index (κ1) is 26.2. The number of ether oxygens (including phenoxy) is 3. The lowest BCUT2D eigenvalue weighted by molar-refractivity contribution is 0.201. The number of benzene rings is 1. The third kappa shape index (κ3) is 5.10. The summed E-state index contributed by atoms with van der Waals surface area (Å²) in [6, 6.07) is 7.85. The Kier molecular flexibility index (Phi) is 7.33. The van der Waals surface area contributed by atoms with E-state index in [2.05, 4.69) is 24.8 Å². The summed E-state index contributed by atoms with van der Waals surface area (Å²) in [6.45, 7) is 2.14. The van der Waals surface area contributed by atoms with Crippen molar-refractivity contribution in [3.63, 3.8) is 0 Å². The van der Waals surface area contributed by atoms with Gasteiger partial charge in [-0.15, -0.1) is 11.3 Å². The predicted octanol–water partition coefficient (Wildman–Crippen LogP) is 4.44. The number of hydrogen-bond donors (Lipinski definition) is 2. The highest BCUT2D eigenvalue weighted by Gasteiger charge is 2.29. The number of anilines is 1. The number of nitrogen functional groups attached to an aromatic ring is 1. The van der Waals surface area contributed by atoms with E-state index in [0.29, 0.717) is 41.4 Å². The number of nitrogens with two attached hydrogens (primary N) is 2. The fourth-order valence-corrected chi connectivity index (χ4v) is 6.13. The van der Waals surface area contributed by atoms with Crippen molar-refractivity contribution in [2.75, 3.05) is 39.6 Å². The molecule has 4 aromatic heterocycles. The highest BCUT2D eigenvalue weighted by Crippen LogP contribution is 2.37. The minimum absolute atomic E-state index is 0.149. The van der Waals surface area contributed by atoms with E-state index in [-0.39, 0.29) is 6.04 Å². The van der Waals surface area contributed by atoms with Crippen LogP contribution >= 0.6 is 11.3 Å². The number of fused-ring (bicyclic) bond motifs is 3. The molecule has 1 aromatic carbocycles. The van der Waals surface area contributed by atoms with Gasteiger partial charge in [0.25, 0.3) is 0 Å². The molecule has 0 saturated carbocycles. The van der Waals surface area contributed by atoms with Gasteiger partial charge in [0.05, 0.1) is 43.7 Å². The molecule has 1 fully saturated rings. The summed E-state index contributed by atoms with van der Waals surface area (Å²) in [6.07, 6.45) is 9.29. The minimum Gasteiger partial charge on any atom is -0.493 e. The quantitative estimate of drug-likeness (QED) is 0.250. The average molecular weight is 558 g/mol. The molecule has 1 aliphatic heterocycles. The van der Waals surface area contributed by atoms with Crippen LogP contribution in [-0.4, -0.2) is 64.8 Å². The Morgan fingerprint density at radius 1 is 1.02 bits per heavy atom. The summed E-state index contributed by atoms with van der Waals surface area (Å²) in [5.74, 6) is 2.23. The van der Waals surface area contributed by atoms with Crippen LogP contribution in [0.4, 0.5) is 5.82 Å². The fraction of sp³-hybridized carbons (Fsp3) is 0.310. The molecule has 0 bridgehead atoms. The van der Waals surface area contributed by atoms with Gasteiger partial charge in [-0.1, -0.05) is 0 Å². The Morgan fingerprint density at radius 2 is 1.88 bits per heavy atom. The third-order valence-electron chi connectivity index (χ3n) is 7.26. The van der Waals surface area contributed by atoms with E-state index in [1.807, 2.05) is 35.8 Å². The van der Waals surface area contributed by atoms with Crippen LogP contribution in [0.15, 0.2) is 54.4 Å². The van der Waals surface area contributed by atoms with Crippen LogP contribution < -0.4 is 25.7 Å². The maximum absolute atomic E-state index is 6.49. The molecule has 6 rings (SSSR count). The maximum Gasteiger partial charge on any atom is 0.162 e. The molecule has 1 aliphatic rings. The van der Waals surface area contributed by atoms with Crippen LogP contribution in [0.5, 0.6) is 17.2 Å². The lowest BCUT2D eigenvalue weighted by Gasteiger charge is -2.26. The van der Waals surface area contributed by atoms with E-state index >= 15 is 0 Å². The first-order chi connectivity index (χ1) is 19.5. The topological polar surface area (TPSA) is 135 Å². The minimum atomic E-state index is -0.149. The van der Waals surface area contributed by atoms with Crippen molar-refractivity contribution in [3.8, 4) is 28.5 Å². The molecule has 4 N–H and O–H groups in total. The summed E-state index contributed by atoms with van der Waals surface area (Å²) < 4.78 is 17.1. The summed E-state index contributed by atoms with van der Waals surface area (Å²) >= 11 is 1.70. The van der Waals surface area contributed by atoms with Crippen LogP contribution in [0.1, 0.15) is 23.9 Å². The third-order valence-corrected chi connectivity index (χ3v) is 8.13. The van der Waals surface area contributed by atoms with E-state index in [1.165, 1.54) is 0 Å². The second-order valence-electron chi connectivity index (χ2n) is 9.84. The molecule has 0 unspecified atom stereocenters. The largest absolute Gasteiger partial charge is 0.493 e. The van der Waals surface area contributed by atoms with Crippen LogP contribution in [0.25, 0.3) is 32.9 Å². The molecular weight excluding hydrogens is 526 g/mol. The first-order valence-electron chi connectivity index (χ1n) is 13.1. The van der Waals surface area contributed by atoms with Gasteiger partial charge in [0.15, 0.2) is 11.5 Å². The Morgan fingerprint density at radius 3 is 2.67 bits per heavy atom. The molecule has 11 heteroatoms. The van der Waals surface area contributed by atoms with Crippen LogP contribution in [0, 0.1) is 0 Å². The molecular formula is C29H31N7O3S. The van der Waals surface area contributed by atoms with Gasteiger partial charge in [-0.2, -0.15) is 0 Å². The molecule has 5 heterocycles. The highest BCUT2D eigenvalue weighted by atomic mass is 32.1. The van der Waals surface area contributed by atoms with Gasteiger partial charge in [0.1, 0.15) is 23.2 Å². The molecule has 5 aromatic rings. The maximum atomic E-state index is 6.49. The number of methoxy groups -OCH3 is 2. The monoisotopic (exact) mass is 557 g/mol. The van der Waals surface area contributed by atoms with Gasteiger partial charge in [0, 0.05) is 52.9 Å². The number of rotatable bonds is 9. The second kappa shape index (κ2) is 11.2. The normalized spacial score (nSPS) is 16.4. The number of pyridine rings is 3. The zero-order valence-electron chi connectivity index (χ0n) is 22.4. The van der Waals surface area contributed by atoms with Crippen LogP contribution in [0.2, 0.25) is 0 Å². The van der Waals surface area contributed by atoms with Gasteiger partial charge in [-0.25, -0.2) is 9.97 Å². The van der Waals surface area contributed by atoms with Gasteiger partial charge in [0.2, 0.25) is 0 Å². The average Bonchev–Trinajstić information content (AvgIpc) is 3.67. The first-order valence-corrected chi connectivity index (χ1v) is 14.0. The number of hydrogen-bond acceptors (Lipinski definition) is 11. The van der Waals surface area contributed by atoms with E-state index in [0.717, 1.165) is 58.2 Å². The van der Waals surface area contributed by atoms with Crippen LogP contribution in [-0.2, 0) is 0 Å². The standard InChI is InChI=1S/C29H31N7O3S/c1-37-26-10-21-20-9-23(35-28(31)22(20)14-34-24(21)11-27(26)38-2)17-8-19(13-32-12-17)39-16-18(30)15-36-6-3-4-25(36)29-33-5-7-40-29/h5,7-14,18,25H,3-4,6,15-16,30H2,1-2H3,(H2,31,35)/t18-,25+/m1/s1. The van der Waals surface area contributed by atoms with Crippen molar-refractivity contribution in [1.29, 1.82) is 0 Å². The molecule has 0 spiro atoms. The van der Waals surface area contributed by atoms with Crippen molar-refractivity contribution in [3.05, 3.63) is 59.4 Å². The Bertz CT molecular complexity index is 1650. The molecule has 0 radical (unpaired) electrons. The zero-order chi connectivity index (χ0) is 27.6. The van der Waals surface area contributed by atoms with Gasteiger partial charge < -0.3 is 25.7 Å². The zero-order valence-corrected chi connectivity index (χ0v) is 23.2. The Balaban J connectivity index is 1.22. The predicted molar refractivity (Wildman–Crippen MR) is 157 cm³/mol. The molecule has 206 valence electrons. The smallest absolute Gasteiger partial charge is 0.162 e. The summed E-state index contributed by atoms with van der Waals surface area (Å²) in [7, 11) is 3.21. The lowest BCUT2D eigenvalue weighted by atomic mass is 10.0. The van der Waals surface area contributed by atoms with Crippen molar-refractivity contribution < 1.29 is 14.2 Å². The SMILES string of the molecule is COc1cc2ncc3c(N)nc(-c4cncc(OC[C@H](N)CN5CCC[C@H]5c5nccs5)c4)cc3c2cc1OC. The lowest BCUT2D eigenvalue weighted by Crippen LogP contribution is -2.41. The Hall–Kier alpha value is -4.06. The number of nitrogens with zero attached hydrogens (tertiary/aromatic N) is 5. The molecule has 40 heavy (non-hydrogen) atoms. The van der Waals surface area contributed by atoms with Gasteiger partial charge >= 0.3 is 0 Å².